The Labute approximate surface area is 112 Å². The number of hydrogen-bond acceptors (Lipinski definition) is 4. The third-order valence-electron chi connectivity index (χ3n) is 3.40. The van der Waals surface area contributed by atoms with Gasteiger partial charge in [-0.05, 0) is 31.4 Å². The molecule has 0 radical (unpaired) electrons. The highest BCUT2D eigenvalue weighted by Crippen LogP contribution is 2.30. The minimum Gasteiger partial charge on any atom is -0.395 e. The monoisotopic (exact) mass is 263 g/mol. The first-order valence-corrected chi connectivity index (χ1v) is 7.38. The van der Waals surface area contributed by atoms with Crippen LogP contribution in [-0.4, -0.2) is 11.0 Å². The summed E-state index contributed by atoms with van der Waals surface area (Å²) in [6.45, 7) is 6.72. The van der Waals surface area contributed by atoms with Gasteiger partial charge in [0, 0.05) is 6.04 Å². The molecule has 98 valence electrons. The standard InChI is InChI=1S/C14H21N3S/c1-4-9(2)7-10(3)17-11-5-6-12-14(13(11)15)16-8-18-12/h5-6,8-10,17H,4,7,15H2,1-3H3. The fraction of sp³-hybridized carbons (Fsp3) is 0.500. The van der Waals surface area contributed by atoms with Crippen LogP contribution >= 0.6 is 11.3 Å². The Morgan fingerprint density at radius 1 is 1.39 bits per heavy atom. The number of aromatic nitrogens is 1. The van der Waals surface area contributed by atoms with Crippen molar-refractivity contribution >= 4 is 32.9 Å². The van der Waals surface area contributed by atoms with Crippen LogP contribution < -0.4 is 11.1 Å². The van der Waals surface area contributed by atoms with Gasteiger partial charge in [0.2, 0.25) is 0 Å². The number of nitrogens with one attached hydrogen (secondary N) is 1. The molecule has 0 saturated heterocycles. The summed E-state index contributed by atoms with van der Waals surface area (Å²) in [6, 6.07) is 4.57. The van der Waals surface area contributed by atoms with Crippen molar-refractivity contribution in [3.8, 4) is 0 Å². The number of benzene rings is 1. The van der Waals surface area contributed by atoms with E-state index in [0.29, 0.717) is 6.04 Å². The molecule has 0 saturated carbocycles. The van der Waals surface area contributed by atoms with Crippen molar-refractivity contribution < 1.29 is 0 Å². The van der Waals surface area contributed by atoms with E-state index >= 15 is 0 Å². The molecular weight excluding hydrogens is 242 g/mol. The number of anilines is 2. The first-order chi connectivity index (χ1) is 8.61. The number of nitrogens with zero attached hydrogens (tertiary/aromatic N) is 1. The summed E-state index contributed by atoms with van der Waals surface area (Å²) in [4.78, 5) is 4.32. The van der Waals surface area contributed by atoms with Crippen LogP contribution in [0.1, 0.15) is 33.6 Å². The molecule has 4 heteroatoms. The lowest BCUT2D eigenvalue weighted by molar-refractivity contribution is 0.484. The van der Waals surface area contributed by atoms with Crippen LogP contribution in [0.4, 0.5) is 11.4 Å². The van der Waals surface area contributed by atoms with Crippen LogP contribution in [0.25, 0.3) is 10.2 Å². The fourth-order valence-corrected chi connectivity index (χ4v) is 2.87. The quantitative estimate of drug-likeness (QED) is 0.798. The number of hydrogen-bond donors (Lipinski definition) is 2. The largest absolute Gasteiger partial charge is 0.395 e. The van der Waals surface area contributed by atoms with E-state index in [1.165, 1.54) is 6.42 Å². The van der Waals surface area contributed by atoms with Crippen LogP contribution in [0.5, 0.6) is 0 Å². The van der Waals surface area contributed by atoms with Gasteiger partial charge in [-0.1, -0.05) is 20.3 Å². The summed E-state index contributed by atoms with van der Waals surface area (Å²) in [5, 5.41) is 3.50. The summed E-state index contributed by atoms with van der Waals surface area (Å²) >= 11 is 1.62. The van der Waals surface area contributed by atoms with E-state index in [1.54, 1.807) is 11.3 Å². The van der Waals surface area contributed by atoms with Gasteiger partial charge in [0.05, 0.1) is 21.6 Å². The SMILES string of the molecule is CCC(C)CC(C)Nc1ccc2scnc2c1N. The van der Waals surface area contributed by atoms with Crippen LogP contribution in [0, 0.1) is 5.92 Å². The molecular formula is C14H21N3S. The Kier molecular flexibility index (Phi) is 4.07. The zero-order valence-electron chi connectivity index (χ0n) is 11.2. The Bertz CT molecular complexity index is 521. The first-order valence-electron chi connectivity index (χ1n) is 6.50. The molecule has 1 aromatic heterocycles. The normalized spacial score (nSPS) is 14.6. The molecule has 3 nitrogen and oxygen atoms in total. The predicted molar refractivity (Wildman–Crippen MR) is 81.2 cm³/mol. The van der Waals surface area contributed by atoms with E-state index in [2.05, 4.69) is 43.2 Å². The second-order valence-electron chi connectivity index (χ2n) is 5.02. The molecule has 0 fully saturated rings. The summed E-state index contributed by atoms with van der Waals surface area (Å²) < 4.78 is 1.15. The third kappa shape index (κ3) is 2.75. The summed E-state index contributed by atoms with van der Waals surface area (Å²) in [5.41, 5.74) is 10.7. The molecule has 18 heavy (non-hydrogen) atoms. The maximum absolute atomic E-state index is 6.16. The van der Waals surface area contributed by atoms with Crippen molar-refractivity contribution in [1.82, 2.24) is 4.98 Å². The van der Waals surface area contributed by atoms with E-state index < -0.39 is 0 Å². The van der Waals surface area contributed by atoms with Crippen molar-refractivity contribution in [3.63, 3.8) is 0 Å². The summed E-state index contributed by atoms with van der Waals surface area (Å²) in [6.07, 6.45) is 2.37. The minimum absolute atomic E-state index is 0.429. The molecule has 2 unspecified atom stereocenters. The third-order valence-corrected chi connectivity index (χ3v) is 4.19. The summed E-state index contributed by atoms with van der Waals surface area (Å²) in [7, 11) is 0. The smallest absolute Gasteiger partial charge is 0.106 e. The second kappa shape index (κ2) is 5.57. The number of rotatable bonds is 5. The van der Waals surface area contributed by atoms with Crippen LogP contribution in [0.15, 0.2) is 17.6 Å². The van der Waals surface area contributed by atoms with Crippen molar-refractivity contribution in [1.29, 1.82) is 0 Å². The van der Waals surface area contributed by atoms with Gasteiger partial charge >= 0.3 is 0 Å². The van der Waals surface area contributed by atoms with Crippen LogP contribution in [0.3, 0.4) is 0 Å². The lowest BCUT2D eigenvalue weighted by Gasteiger charge is -2.19. The Morgan fingerprint density at radius 2 is 2.17 bits per heavy atom. The van der Waals surface area contributed by atoms with E-state index in [1.807, 2.05) is 5.51 Å². The van der Waals surface area contributed by atoms with Crippen molar-refractivity contribution in [2.45, 2.75) is 39.7 Å². The lowest BCUT2D eigenvalue weighted by Crippen LogP contribution is -2.19. The van der Waals surface area contributed by atoms with Crippen molar-refractivity contribution in [2.24, 2.45) is 5.92 Å². The highest BCUT2D eigenvalue weighted by atomic mass is 32.1. The summed E-state index contributed by atoms with van der Waals surface area (Å²) in [5.74, 6) is 0.733. The number of nitrogens with two attached hydrogens (primary N) is 1. The van der Waals surface area contributed by atoms with Gasteiger partial charge in [-0.2, -0.15) is 0 Å². The molecule has 1 heterocycles. The van der Waals surface area contributed by atoms with Gasteiger partial charge in [-0.25, -0.2) is 4.98 Å². The Morgan fingerprint density at radius 3 is 2.89 bits per heavy atom. The average Bonchev–Trinajstić information content (AvgIpc) is 2.81. The highest BCUT2D eigenvalue weighted by molar-refractivity contribution is 7.16. The Hall–Kier alpha value is -1.29. The molecule has 2 rings (SSSR count). The maximum Gasteiger partial charge on any atom is 0.106 e. The van der Waals surface area contributed by atoms with Gasteiger partial charge in [-0.15, -0.1) is 11.3 Å². The van der Waals surface area contributed by atoms with E-state index in [4.69, 9.17) is 5.73 Å². The van der Waals surface area contributed by atoms with Gasteiger partial charge < -0.3 is 11.1 Å². The van der Waals surface area contributed by atoms with E-state index in [0.717, 1.165) is 33.9 Å². The van der Waals surface area contributed by atoms with E-state index in [-0.39, 0.29) is 0 Å². The van der Waals surface area contributed by atoms with Crippen LogP contribution in [-0.2, 0) is 0 Å². The lowest BCUT2D eigenvalue weighted by atomic mass is 10.00. The molecule has 0 spiro atoms. The zero-order chi connectivity index (χ0) is 13.1. The molecule has 0 aliphatic heterocycles. The molecule has 2 atom stereocenters. The molecule has 0 aliphatic carbocycles. The van der Waals surface area contributed by atoms with Gasteiger partial charge in [0.1, 0.15) is 5.52 Å². The van der Waals surface area contributed by atoms with Gasteiger partial charge in [0.15, 0.2) is 0 Å². The highest BCUT2D eigenvalue weighted by Gasteiger charge is 2.11. The maximum atomic E-state index is 6.16. The number of nitrogen functional groups attached to an aromatic ring is 1. The Balaban J connectivity index is 2.13. The van der Waals surface area contributed by atoms with Gasteiger partial charge in [0.25, 0.3) is 0 Å². The van der Waals surface area contributed by atoms with E-state index in [9.17, 15) is 0 Å². The number of thiazole rings is 1. The average molecular weight is 263 g/mol. The molecule has 0 amide bonds. The van der Waals surface area contributed by atoms with Crippen molar-refractivity contribution in [3.05, 3.63) is 17.6 Å². The first kappa shape index (κ1) is 13.1. The molecule has 3 N–H and O–H groups in total. The predicted octanol–water partition coefficient (Wildman–Crippen LogP) is 4.12. The van der Waals surface area contributed by atoms with Gasteiger partial charge in [-0.3, -0.25) is 0 Å². The molecule has 0 aliphatic rings. The number of fused-ring (bicyclic) bond motifs is 1. The second-order valence-corrected chi connectivity index (χ2v) is 5.91. The molecule has 2 aromatic rings. The zero-order valence-corrected chi connectivity index (χ0v) is 12.1. The topological polar surface area (TPSA) is 50.9 Å². The fourth-order valence-electron chi connectivity index (χ4n) is 2.17. The molecule has 0 bridgehead atoms. The van der Waals surface area contributed by atoms with Crippen molar-refractivity contribution in [2.75, 3.05) is 11.1 Å². The van der Waals surface area contributed by atoms with Crippen LogP contribution in [0.2, 0.25) is 0 Å². The molecule has 1 aromatic carbocycles. The minimum atomic E-state index is 0.429.